The van der Waals surface area contributed by atoms with Gasteiger partial charge in [0.25, 0.3) is 0 Å². The Bertz CT molecular complexity index is 1530. The Balaban J connectivity index is 1.87. The highest BCUT2D eigenvalue weighted by Crippen LogP contribution is 2.51. The Labute approximate surface area is 259 Å². The Kier molecular flexibility index (Phi) is 7.55. The largest absolute Gasteiger partial charge is 0.152 e. The summed E-state index contributed by atoms with van der Waals surface area (Å²) < 4.78 is 0. The molecule has 5 rings (SSSR count). The van der Waals surface area contributed by atoms with Gasteiger partial charge in [0.15, 0.2) is 0 Å². The molecule has 0 amide bonds. The van der Waals surface area contributed by atoms with Crippen molar-refractivity contribution >= 4 is 11.3 Å². The van der Waals surface area contributed by atoms with Gasteiger partial charge in [0.05, 0.1) is 0 Å². The van der Waals surface area contributed by atoms with E-state index in [4.69, 9.17) is 0 Å². The fraction of sp³-hybridized carbons (Fsp3) is 0.415. The third-order valence-corrected chi connectivity index (χ3v) is 9.65. The highest BCUT2D eigenvalue weighted by molar-refractivity contribution is 7.08. The molecule has 0 spiro atoms. The molecule has 1 heteroatoms. The Morgan fingerprint density at radius 3 is 1.14 bits per heavy atom. The van der Waals surface area contributed by atoms with Crippen molar-refractivity contribution in [2.45, 2.75) is 111 Å². The summed E-state index contributed by atoms with van der Waals surface area (Å²) in [6.45, 7) is 28.0. The lowest BCUT2D eigenvalue weighted by atomic mass is 9.84. The summed E-state index contributed by atoms with van der Waals surface area (Å²) in [5, 5.41) is 4.60. The van der Waals surface area contributed by atoms with Gasteiger partial charge in [-0.3, -0.25) is 0 Å². The lowest BCUT2D eigenvalue weighted by Gasteiger charge is -2.19. The van der Waals surface area contributed by atoms with Crippen molar-refractivity contribution < 1.29 is 0 Å². The molecule has 1 aromatic rings. The van der Waals surface area contributed by atoms with Gasteiger partial charge in [0.1, 0.15) is 0 Å². The molecule has 0 nitrogen and oxygen atoms in total. The van der Waals surface area contributed by atoms with Gasteiger partial charge in [0.2, 0.25) is 0 Å². The summed E-state index contributed by atoms with van der Waals surface area (Å²) in [6.07, 6.45) is 0. The highest BCUT2D eigenvalue weighted by atomic mass is 32.1. The van der Waals surface area contributed by atoms with Gasteiger partial charge < -0.3 is 0 Å². The molecule has 42 heavy (non-hydrogen) atoms. The van der Waals surface area contributed by atoms with Crippen LogP contribution in [0.4, 0.5) is 0 Å². The van der Waals surface area contributed by atoms with E-state index in [1.54, 1.807) is 11.3 Å². The molecular formula is C41H50S. The summed E-state index contributed by atoms with van der Waals surface area (Å²) in [5.74, 6) is 0.148. The van der Waals surface area contributed by atoms with E-state index < -0.39 is 0 Å². The lowest BCUT2D eigenvalue weighted by Crippen LogP contribution is -2.11. The van der Waals surface area contributed by atoms with Gasteiger partial charge >= 0.3 is 0 Å². The lowest BCUT2D eigenvalue weighted by molar-refractivity contribution is 0.590. The number of hydrogen-bond donors (Lipinski definition) is 0. The maximum Gasteiger partial charge on any atom is 0.0360 e. The maximum absolute atomic E-state index is 2.53. The molecule has 0 unspecified atom stereocenters. The van der Waals surface area contributed by atoms with Crippen LogP contribution in [0.1, 0.15) is 128 Å². The van der Waals surface area contributed by atoms with Gasteiger partial charge in [-0.2, -0.15) is 11.3 Å². The van der Waals surface area contributed by atoms with E-state index in [0.29, 0.717) is 0 Å². The van der Waals surface area contributed by atoms with Crippen molar-refractivity contribution in [3.63, 3.8) is 0 Å². The molecule has 0 bridgehead atoms. The predicted molar refractivity (Wildman–Crippen MR) is 186 cm³/mol. The summed E-state index contributed by atoms with van der Waals surface area (Å²) in [7, 11) is 0. The molecule has 0 saturated carbocycles. The maximum atomic E-state index is 2.53. The molecule has 0 atom stereocenters. The van der Waals surface area contributed by atoms with Crippen molar-refractivity contribution in [1.82, 2.24) is 0 Å². The standard InChI is InChI=1S/C41H50S/c1-38(2,3)27-13-17-29-31(19-15-27)35(40(7,8)9)23-33(29)37(26-21-22-42-25-26)34-24-36(41(10,11)12)32-20-16-28(39(4,5)6)14-18-30(32)34/h13-25,37H,1-12H3. The molecule has 0 aromatic carbocycles. The molecule has 0 N–H and O–H groups in total. The van der Waals surface area contributed by atoms with Crippen LogP contribution in [0.5, 0.6) is 0 Å². The average molecular weight is 575 g/mol. The first-order valence-electron chi connectivity index (χ1n) is 15.5. The second-order valence-electron chi connectivity index (χ2n) is 16.4. The van der Waals surface area contributed by atoms with E-state index in [-0.39, 0.29) is 27.6 Å². The quantitative estimate of drug-likeness (QED) is 0.201. The number of fused-ring (bicyclic) bond motifs is 2. The zero-order valence-corrected chi connectivity index (χ0v) is 28.8. The predicted octanol–water partition coefficient (Wildman–Crippen LogP) is 12.3. The average Bonchev–Trinajstić information content (AvgIpc) is 3.49. The molecule has 0 fully saturated rings. The van der Waals surface area contributed by atoms with Crippen LogP contribution in [-0.2, 0) is 21.7 Å². The van der Waals surface area contributed by atoms with E-state index in [0.717, 1.165) is 0 Å². The summed E-state index contributed by atoms with van der Waals surface area (Å²) >= 11 is 1.80. The van der Waals surface area contributed by atoms with Crippen molar-refractivity contribution in [1.29, 1.82) is 0 Å². The SMILES string of the molecule is CC(C)(C)c1ccc2c(C(c3ccsc3)c3cc(C(C)(C)C)c4ccc(C(C)(C)C)ccc3-4)cc(C(C)(C)C)c-2cc1. The fourth-order valence-electron chi connectivity index (χ4n) is 6.44. The van der Waals surface area contributed by atoms with Crippen LogP contribution < -0.4 is 0 Å². The van der Waals surface area contributed by atoms with E-state index in [1.165, 1.54) is 61.2 Å². The molecule has 4 aliphatic rings. The number of rotatable bonds is 3. The van der Waals surface area contributed by atoms with Crippen molar-refractivity contribution in [3.8, 4) is 22.3 Å². The topological polar surface area (TPSA) is 0 Å². The fourth-order valence-corrected chi connectivity index (χ4v) is 7.13. The van der Waals surface area contributed by atoms with Crippen LogP contribution >= 0.6 is 11.3 Å². The first-order chi connectivity index (χ1) is 19.4. The minimum Gasteiger partial charge on any atom is -0.152 e. The molecule has 220 valence electrons. The second kappa shape index (κ2) is 10.4. The Morgan fingerprint density at radius 1 is 0.452 bits per heavy atom. The van der Waals surface area contributed by atoms with Crippen LogP contribution in [0.2, 0.25) is 0 Å². The van der Waals surface area contributed by atoms with Gasteiger partial charge in [-0.15, -0.1) is 0 Å². The van der Waals surface area contributed by atoms with E-state index in [2.05, 4.69) is 161 Å². The van der Waals surface area contributed by atoms with Crippen LogP contribution in [-0.4, -0.2) is 0 Å². The molecular weight excluding hydrogens is 525 g/mol. The zero-order valence-electron chi connectivity index (χ0n) is 28.0. The van der Waals surface area contributed by atoms with Crippen molar-refractivity contribution in [2.75, 3.05) is 0 Å². The Hall–Kier alpha value is -2.90. The molecule has 1 aromatic heterocycles. The zero-order chi connectivity index (χ0) is 30.8. The van der Waals surface area contributed by atoms with Crippen LogP contribution in [0.25, 0.3) is 22.3 Å². The van der Waals surface area contributed by atoms with Gasteiger partial charge in [-0.05, 0) is 99.7 Å². The van der Waals surface area contributed by atoms with E-state index in [1.807, 2.05) is 0 Å². The third kappa shape index (κ3) is 5.70. The van der Waals surface area contributed by atoms with Crippen LogP contribution in [0, 0.1) is 0 Å². The minimum absolute atomic E-state index is 0.0324. The third-order valence-electron chi connectivity index (χ3n) is 8.95. The van der Waals surface area contributed by atoms with Crippen LogP contribution in [0.15, 0.2) is 77.5 Å². The van der Waals surface area contributed by atoms with Crippen LogP contribution in [0.3, 0.4) is 0 Å². The monoisotopic (exact) mass is 574 g/mol. The summed E-state index contributed by atoms with van der Waals surface area (Å²) in [4.78, 5) is 0. The van der Waals surface area contributed by atoms with Gasteiger partial charge in [-0.1, -0.05) is 144 Å². The summed E-state index contributed by atoms with van der Waals surface area (Å²) in [5.41, 5.74) is 15.5. The normalized spacial score (nSPS) is 13.5. The Morgan fingerprint density at radius 2 is 0.833 bits per heavy atom. The first kappa shape index (κ1) is 30.6. The second-order valence-corrected chi connectivity index (χ2v) is 17.2. The highest BCUT2D eigenvalue weighted by Gasteiger charge is 2.34. The minimum atomic E-state index is 0.0324. The first-order valence-corrected chi connectivity index (χ1v) is 16.5. The number of thiophene rings is 1. The van der Waals surface area contributed by atoms with E-state index in [9.17, 15) is 0 Å². The molecule has 0 aliphatic heterocycles. The number of hydrogen-bond acceptors (Lipinski definition) is 1. The molecule has 0 saturated heterocycles. The molecule has 4 aliphatic carbocycles. The van der Waals surface area contributed by atoms with Gasteiger partial charge in [0, 0.05) is 5.92 Å². The van der Waals surface area contributed by atoms with E-state index >= 15 is 0 Å². The van der Waals surface area contributed by atoms with Crippen molar-refractivity contribution in [3.05, 3.63) is 116 Å². The van der Waals surface area contributed by atoms with Crippen molar-refractivity contribution in [2.24, 2.45) is 0 Å². The van der Waals surface area contributed by atoms with Gasteiger partial charge in [-0.25, -0.2) is 0 Å². The summed E-state index contributed by atoms with van der Waals surface area (Å²) in [6, 6.07) is 26.4. The smallest absolute Gasteiger partial charge is 0.0360 e. The molecule has 1 heterocycles. The molecule has 0 radical (unpaired) electrons.